The molecule has 0 spiro atoms. The van der Waals surface area contributed by atoms with Gasteiger partial charge in [-0.25, -0.2) is 8.42 Å². The van der Waals surface area contributed by atoms with Gasteiger partial charge in [0.15, 0.2) is 9.84 Å². The van der Waals surface area contributed by atoms with Gasteiger partial charge in [-0.15, -0.1) is 0 Å². The van der Waals surface area contributed by atoms with E-state index < -0.39 is 9.84 Å². The number of aryl methyl sites for hydroxylation is 1. The zero-order chi connectivity index (χ0) is 19.0. The van der Waals surface area contributed by atoms with E-state index in [9.17, 15) is 13.2 Å². The minimum Gasteiger partial charge on any atom is -0.361 e. The summed E-state index contributed by atoms with van der Waals surface area (Å²) in [6, 6.07) is 5.08. The lowest BCUT2D eigenvalue weighted by Crippen LogP contribution is -2.60. The van der Waals surface area contributed by atoms with Gasteiger partial charge in [-0.1, -0.05) is 11.2 Å². The Morgan fingerprint density at radius 3 is 2.81 bits per heavy atom. The number of rotatable bonds is 4. The van der Waals surface area contributed by atoms with Crippen LogP contribution in [-0.4, -0.2) is 70.9 Å². The first-order valence-corrected chi connectivity index (χ1v) is 10.8. The molecule has 1 amide bonds. The fraction of sp³-hybridized carbons (Fsp3) is 0.500. The molecule has 0 aliphatic carbocycles. The van der Waals surface area contributed by atoms with Crippen molar-refractivity contribution in [3.63, 3.8) is 0 Å². The Kier molecular flexibility index (Phi) is 4.73. The van der Waals surface area contributed by atoms with Crippen molar-refractivity contribution in [1.82, 2.24) is 19.9 Å². The highest BCUT2D eigenvalue weighted by Gasteiger charge is 2.47. The SMILES string of the molecule is Cc1cc(CC(=O)N2CCN(Cc3cccnc3)[C@@H]3CS(=O)(=O)C[C@@H]32)on1. The first-order chi connectivity index (χ1) is 12.9. The molecule has 144 valence electrons. The summed E-state index contributed by atoms with van der Waals surface area (Å²) in [5.41, 5.74) is 1.76. The number of pyridine rings is 1. The molecule has 4 rings (SSSR count). The molecule has 0 unspecified atom stereocenters. The van der Waals surface area contributed by atoms with E-state index in [1.807, 2.05) is 12.1 Å². The minimum atomic E-state index is -3.18. The van der Waals surface area contributed by atoms with Crippen LogP contribution < -0.4 is 0 Å². The van der Waals surface area contributed by atoms with Crippen LogP contribution in [0.1, 0.15) is 17.0 Å². The van der Waals surface area contributed by atoms with Gasteiger partial charge >= 0.3 is 0 Å². The summed E-state index contributed by atoms with van der Waals surface area (Å²) in [4.78, 5) is 20.8. The zero-order valence-electron chi connectivity index (χ0n) is 15.1. The highest BCUT2D eigenvalue weighted by Crippen LogP contribution is 2.28. The molecular weight excluding hydrogens is 368 g/mol. The van der Waals surface area contributed by atoms with Crippen LogP contribution in [0.25, 0.3) is 0 Å². The van der Waals surface area contributed by atoms with Crippen molar-refractivity contribution >= 4 is 15.7 Å². The smallest absolute Gasteiger partial charge is 0.230 e. The van der Waals surface area contributed by atoms with Gasteiger partial charge in [-0.2, -0.15) is 0 Å². The quantitative estimate of drug-likeness (QED) is 0.747. The van der Waals surface area contributed by atoms with Crippen molar-refractivity contribution in [2.75, 3.05) is 24.6 Å². The predicted molar refractivity (Wildman–Crippen MR) is 97.5 cm³/mol. The van der Waals surface area contributed by atoms with E-state index >= 15 is 0 Å². The third-order valence-electron chi connectivity index (χ3n) is 5.22. The predicted octanol–water partition coefficient (Wildman–Crippen LogP) is 0.431. The van der Waals surface area contributed by atoms with Gasteiger partial charge in [0.25, 0.3) is 0 Å². The zero-order valence-corrected chi connectivity index (χ0v) is 15.9. The average Bonchev–Trinajstić information content (AvgIpc) is 3.17. The van der Waals surface area contributed by atoms with Crippen LogP contribution >= 0.6 is 0 Å². The fourth-order valence-corrected chi connectivity index (χ4v) is 6.02. The molecule has 4 heterocycles. The molecule has 2 aliphatic rings. The summed E-state index contributed by atoms with van der Waals surface area (Å²) in [5.74, 6) is 0.498. The number of fused-ring (bicyclic) bond motifs is 1. The van der Waals surface area contributed by atoms with E-state index in [0.717, 1.165) is 11.3 Å². The number of hydrogen-bond acceptors (Lipinski definition) is 7. The van der Waals surface area contributed by atoms with Gasteiger partial charge in [0, 0.05) is 44.1 Å². The summed E-state index contributed by atoms with van der Waals surface area (Å²) in [6.45, 7) is 3.57. The van der Waals surface area contributed by atoms with Gasteiger partial charge in [0.1, 0.15) is 5.76 Å². The van der Waals surface area contributed by atoms with Crippen LogP contribution in [0.4, 0.5) is 0 Å². The minimum absolute atomic E-state index is 0.0162. The summed E-state index contributed by atoms with van der Waals surface area (Å²) < 4.78 is 29.8. The fourth-order valence-electron chi connectivity index (χ4n) is 4.01. The molecule has 2 fully saturated rings. The topological polar surface area (TPSA) is 96.6 Å². The van der Waals surface area contributed by atoms with Crippen LogP contribution in [0.15, 0.2) is 35.1 Å². The molecule has 0 aromatic carbocycles. The van der Waals surface area contributed by atoms with E-state index in [1.165, 1.54) is 0 Å². The Hall–Kier alpha value is -2.26. The van der Waals surface area contributed by atoms with Crippen molar-refractivity contribution in [2.24, 2.45) is 0 Å². The number of amides is 1. The normalized spacial score (nSPS) is 24.7. The molecule has 0 radical (unpaired) electrons. The molecule has 2 aromatic heterocycles. The van der Waals surface area contributed by atoms with Crippen LogP contribution in [0.2, 0.25) is 0 Å². The van der Waals surface area contributed by atoms with Crippen LogP contribution in [0, 0.1) is 6.92 Å². The standard InChI is InChI=1S/C18H22N4O4S/c1-13-7-15(26-20-13)8-18(23)22-6-5-21(10-14-3-2-4-19-9-14)16-11-27(24,25)12-17(16)22/h2-4,7,9,16-17H,5-6,8,10-12H2,1H3/t16-,17+/m1/s1. The second-order valence-electron chi connectivity index (χ2n) is 7.24. The monoisotopic (exact) mass is 390 g/mol. The van der Waals surface area contributed by atoms with Gasteiger partial charge in [-0.3, -0.25) is 14.7 Å². The first-order valence-electron chi connectivity index (χ1n) is 8.96. The lowest BCUT2D eigenvalue weighted by Gasteiger charge is -2.43. The van der Waals surface area contributed by atoms with Gasteiger partial charge in [0.2, 0.25) is 5.91 Å². The molecule has 2 atom stereocenters. The van der Waals surface area contributed by atoms with Crippen LogP contribution in [0.5, 0.6) is 0 Å². The summed E-state index contributed by atoms with van der Waals surface area (Å²) in [7, 11) is -3.18. The van der Waals surface area contributed by atoms with E-state index in [1.54, 1.807) is 30.3 Å². The maximum atomic E-state index is 12.8. The van der Waals surface area contributed by atoms with Crippen molar-refractivity contribution in [3.05, 3.63) is 47.6 Å². The number of nitrogens with zero attached hydrogens (tertiary/aromatic N) is 4. The lowest BCUT2D eigenvalue weighted by molar-refractivity contribution is -0.136. The van der Waals surface area contributed by atoms with Crippen LogP contribution in [0.3, 0.4) is 0 Å². The molecule has 8 nitrogen and oxygen atoms in total. The molecule has 9 heteroatoms. The third-order valence-corrected chi connectivity index (χ3v) is 6.92. The molecular formula is C18H22N4O4S. The lowest BCUT2D eigenvalue weighted by atomic mass is 10.0. The Morgan fingerprint density at radius 1 is 1.30 bits per heavy atom. The number of aromatic nitrogens is 2. The Bertz CT molecular complexity index is 928. The third kappa shape index (κ3) is 3.89. The summed E-state index contributed by atoms with van der Waals surface area (Å²) in [5, 5.41) is 3.81. The molecule has 2 aliphatic heterocycles. The highest BCUT2D eigenvalue weighted by molar-refractivity contribution is 7.91. The van der Waals surface area contributed by atoms with E-state index in [0.29, 0.717) is 25.4 Å². The summed E-state index contributed by atoms with van der Waals surface area (Å²) >= 11 is 0. The Labute approximate surface area is 158 Å². The number of hydrogen-bond donors (Lipinski definition) is 0. The van der Waals surface area contributed by atoms with Gasteiger partial charge in [-0.05, 0) is 18.6 Å². The maximum absolute atomic E-state index is 12.8. The second-order valence-corrected chi connectivity index (χ2v) is 9.40. The largest absolute Gasteiger partial charge is 0.361 e. The Morgan fingerprint density at radius 2 is 2.11 bits per heavy atom. The van der Waals surface area contributed by atoms with E-state index in [4.69, 9.17) is 4.52 Å². The highest BCUT2D eigenvalue weighted by atomic mass is 32.2. The molecule has 0 N–H and O–H groups in total. The number of piperazine rings is 1. The van der Waals surface area contributed by atoms with Gasteiger partial charge in [0.05, 0.1) is 29.7 Å². The number of sulfone groups is 1. The van der Waals surface area contributed by atoms with Crippen molar-refractivity contribution in [2.45, 2.75) is 32.0 Å². The Balaban J connectivity index is 1.52. The molecule has 27 heavy (non-hydrogen) atoms. The van der Waals surface area contributed by atoms with Gasteiger partial charge < -0.3 is 9.42 Å². The van der Waals surface area contributed by atoms with E-state index in [-0.39, 0.29) is 35.9 Å². The molecule has 0 saturated carbocycles. The maximum Gasteiger partial charge on any atom is 0.230 e. The van der Waals surface area contributed by atoms with Crippen molar-refractivity contribution < 1.29 is 17.7 Å². The van der Waals surface area contributed by atoms with Crippen molar-refractivity contribution in [1.29, 1.82) is 0 Å². The number of carbonyl (C=O) groups excluding carboxylic acids is 1. The number of carbonyl (C=O) groups is 1. The molecule has 0 bridgehead atoms. The average molecular weight is 390 g/mol. The second kappa shape index (κ2) is 7.05. The summed E-state index contributed by atoms with van der Waals surface area (Å²) in [6.07, 6.45) is 3.61. The van der Waals surface area contributed by atoms with Crippen molar-refractivity contribution in [3.8, 4) is 0 Å². The van der Waals surface area contributed by atoms with Crippen LogP contribution in [-0.2, 0) is 27.6 Å². The van der Waals surface area contributed by atoms with E-state index in [2.05, 4.69) is 15.0 Å². The molecule has 2 aromatic rings. The molecule has 2 saturated heterocycles. The first kappa shape index (κ1) is 18.1.